The number of tetrazole rings is 1. The molecule has 2 aromatic rings. The molecule has 0 atom stereocenters. The molecule has 0 aliphatic heterocycles. The van der Waals surface area contributed by atoms with Crippen LogP contribution >= 0.6 is 0 Å². The van der Waals surface area contributed by atoms with Crippen LogP contribution in [-0.4, -0.2) is 20.2 Å². The summed E-state index contributed by atoms with van der Waals surface area (Å²) in [7, 11) is 0. The average Bonchev–Trinajstić information content (AvgIpc) is 2.78. The van der Waals surface area contributed by atoms with Gasteiger partial charge in [0, 0.05) is 11.3 Å². The summed E-state index contributed by atoms with van der Waals surface area (Å²) in [6.07, 6.45) is 1.83. The predicted molar refractivity (Wildman–Crippen MR) is 67.2 cm³/mol. The van der Waals surface area contributed by atoms with Gasteiger partial charge >= 0.3 is 0 Å². The topological polar surface area (TPSA) is 69.6 Å². The van der Waals surface area contributed by atoms with E-state index in [1.807, 2.05) is 0 Å². The number of anilines is 1. The van der Waals surface area contributed by atoms with Crippen molar-refractivity contribution in [2.24, 2.45) is 0 Å². The Balaban J connectivity index is 2.48. The molecule has 0 saturated heterocycles. The van der Waals surface area contributed by atoms with E-state index in [9.17, 15) is 4.39 Å². The van der Waals surface area contributed by atoms with Crippen molar-refractivity contribution in [3.63, 3.8) is 0 Å². The zero-order valence-corrected chi connectivity index (χ0v) is 10.5. The van der Waals surface area contributed by atoms with Gasteiger partial charge in [0.2, 0.25) is 0 Å². The summed E-state index contributed by atoms with van der Waals surface area (Å²) in [6, 6.07) is 4.54. The minimum atomic E-state index is -0.385. The summed E-state index contributed by atoms with van der Waals surface area (Å²) in [6.45, 7) is 4.14. The van der Waals surface area contributed by atoms with Crippen molar-refractivity contribution in [3.05, 3.63) is 24.0 Å². The van der Waals surface area contributed by atoms with Crippen LogP contribution in [0.2, 0.25) is 0 Å². The molecule has 96 valence electrons. The van der Waals surface area contributed by atoms with Crippen molar-refractivity contribution >= 4 is 5.69 Å². The molecule has 0 bridgehead atoms. The summed E-state index contributed by atoms with van der Waals surface area (Å²) in [5, 5.41) is 11.6. The molecule has 2 rings (SSSR count). The lowest BCUT2D eigenvalue weighted by Crippen LogP contribution is -2.10. The van der Waals surface area contributed by atoms with Gasteiger partial charge in [-0.3, -0.25) is 0 Å². The van der Waals surface area contributed by atoms with Crippen LogP contribution < -0.4 is 5.73 Å². The maximum absolute atomic E-state index is 13.4. The van der Waals surface area contributed by atoms with Crippen LogP contribution in [0, 0.1) is 5.82 Å². The molecular formula is C12H16FN5. The third kappa shape index (κ3) is 2.32. The normalized spacial score (nSPS) is 11.1. The maximum atomic E-state index is 13.4. The molecule has 1 aromatic carbocycles. The van der Waals surface area contributed by atoms with Crippen molar-refractivity contribution in [2.75, 3.05) is 5.73 Å². The number of aromatic nitrogens is 4. The standard InChI is InChI=1S/C12H16FN5/c1-3-11(4-2)18-12(15-16-17-18)8-5-9(13)7-10(14)6-8/h5-7,11H,3-4,14H2,1-2H3. The second-order valence-corrected chi connectivity index (χ2v) is 4.19. The molecule has 0 aliphatic rings. The highest BCUT2D eigenvalue weighted by Gasteiger charge is 2.16. The first-order valence-electron chi connectivity index (χ1n) is 6.00. The molecule has 5 nitrogen and oxygen atoms in total. The fourth-order valence-corrected chi connectivity index (χ4v) is 2.01. The lowest BCUT2D eigenvalue weighted by Gasteiger charge is -2.14. The Morgan fingerprint density at radius 1 is 1.28 bits per heavy atom. The first-order valence-corrected chi connectivity index (χ1v) is 6.00. The summed E-state index contributed by atoms with van der Waals surface area (Å²) in [5.74, 6) is 0.166. The van der Waals surface area contributed by atoms with Crippen molar-refractivity contribution in [2.45, 2.75) is 32.7 Å². The number of nitrogens with zero attached hydrogens (tertiary/aromatic N) is 4. The third-order valence-electron chi connectivity index (χ3n) is 2.96. The zero-order valence-electron chi connectivity index (χ0n) is 10.5. The van der Waals surface area contributed by atoms with Crippen LogP contribution in [0.4, 0.5) is 10.1 Å². The molecule has 0 amide bonds. The van der Waals surface area contributed by atoms with Gasteiger partial charge < -0.3 is 5.73 Å². The van der Waals surface area contributed by atoms with Crippen molar-refractivity contribution < 1.29 is 4.39 Å². The lowest BCUT2D eigenvalue weighted by atomic mass is 10.1. The smallest absolute Gasteiger partial charge is 0.182 e. The van der Waals surface area contributed by atoms with E-state index in [4.69, 9.17) is 5.73 Å². The monoisotopic (exact) mass is 249 g/mol. The Bertz CT molecular complexity index is 513. The molecule has 0 aliphatic carbocycles. The Morgan fingerprint density at radius 2 is 2.00 bits per heavy atom. The first kappa shape index (κ1) is 12.5. The summed E-state index contributed by atoms with van der Waals surface area (Å²) < 4.78 is 15.1. The number of hydrogen-bond acceptors (Lipinski definition) is 4. The van der Waals surface area contributed by atoms with E-state index in [1.54, 1.807) is 10.7 Å². The van der Waals surface area contributed by atoms with Gasteiger partial charge in [-0.2, -0.15) is 0 Å². The number of rotatable bonds is 4. The number of benzene rings is 1. The zero-order chi connectivity index (χ0) is 13.1. The van der Waals surface area contributed by atoms with Crippen molar-refractivity contribution in [3.8, 4) is 11.4 Å². The quantitative estimate of drug-likeness (QED) is 0.845. The van der Waals surface area contributed by atoms with E-state index in [2.05, 4.69) is 29.4 Å². The van der Waals surface area contributed by atoms with E-state index in [0.717, 1.165) is 12.8 Å². The fourth-order valence-electron chi connectivity index (χ4n) is 2.01. The van der Waals surface area contributed by atoms with E-state index >= 15 is 0 Å². The highest BCUT2D eigenvalue weighted by Crippen LogP contribution is 2.25. The molecule has 1 heterocycles. The Labute approximate surface area is 105 Å². The molecular weight excluding hydrogens is 233 g/mol. The molecule has 0 unspecified atom stereocenters. The summed E-state index contributed by atoms with van der Waals surface area (Å²) in [5.41, 5.74) is 6.61. The molecule has 6 heteroatoms. The van der Waals surface area contributed by atoms with Crippen LogP contribution in [0.25, 0.3) is 11.4 Å². The summed E-state index contributed by atoms with van der Waals surface area (Å²) in [4.78, 5) is 0. The van der Waals surface area contributed by atoms with E-state index in [0.29, 0.717) is 17.1 Å². The molecule has 1 aromatic heterocycles. The Hall–Kier alpha value is -1.98. The highest BCUT2D eigenvalue weighted by atomic mass is 19.1. The van der Waals surface area contributed by atoms with Crippen LogP contribution in [0.15, 0.2) is 18.2 Å². The molecule has 0 fully saturated rings. The van der Waals surface area contributed by atoms with Gasteiger partial charge in [-0.05, 0) is 41.5 Å². The van der Waals surface area contributed by atoms with Gasteiger partial charge in [-0.1, -0.05) is 13.8 Å². The highest BCUT2D eigenvalue weighted by molar-refractivity contribution is 5.61. The second-order valence-electron chi connectivity index (χ2n) is 4.19. The molecule has 0 saturated carbocycles. The van der Waals surface area contributed by atoms with Crippen LogP contribution in [-0.2, 0) is 0 Å². The van der Waals surface area contributed by atoms with E-state index in [1.165, 1.54) is 12.1 Å². The molecule has 18 heavy (non-hydrogen) atoms. The minimum Gasteiger partial charge on any atom is -0.399 e. The van der Waals surface area contributed by atoms with E-state index in [-0.39, 0.29) is 11.9 Å². The SMILES string of the molecule is CCC(CC)n1nnnc1-c1cc(N)cc(F)c1. The van der Waals surface area contributed by atoms with E-state index < -0.39 is 0 Å². The van der Waals surface area contributed by atoms with Gasteiger partial charge in [0.15, 0.2) is 5.82 Å². The number of nitrogens with two attached hydrogens (primary N) is 1. The number of halogens is 1. The average molecular weight is 249 g/mol. The van der Waals surface area contributed by atoms with Crippen LogP contribution in [0.1, 0.15) is 32.7 Å². The predicted octanol–water partition coefficient (Wildman–Crippen LogP) is 2.42. The van der Waals surface area contributed by atoms with Gasteiger partial charge in [0.1, 0.15) is 5.82 Å². The Morgan fingerprint density at radius 3 is 2.61 bits per heavy atom. The lowest BCUT2D eigenvalue weighted by molar-refractivity contribution is 0.422. The molecule has 0 spiro atoms. The molecule has 0 radical (unpaired) electrons. The fraction of sp³-hybridized carbons (Fsp3) is 0.417. The number of nitrogen functional groups attached to an aromatic ring is 1. The van der Waals surface area contributed by atoms with Crippen LogP contribution in [0.3, 0.4) is 0 Å². The van der Waals surface area contributed by atoms with Gasteiger partial charge in [-0.25, -0.2) is 9.07 Å². The van der Waals surface area contributed by atoms with Gasteiger partial charge in [0.25, 0.3) is 0 Å². The van der Waals surface area contributed by atoms with Crippen molar-refractivity contribution in [1.82, 2.24) is 20.2 Å². The summed E-state index contributed by atoms with van der Waals surface area (Å²) >= 11 is 0. The number of hydrogen-bond donors (Lipinski definition) is 1. The largest absolute Gasteiger partial charge is 0.399 e. The van der Waals surface area contributed by atoms with Crippen LogP contribution in [0.5, 0.6) is 0 Å². The maximum Gasteiger partial charge on any atom is 0.182 e. The van der Waals surface area contributed by atoms with Gasteiger partial charge in [-0.15, -0.1) is 5.10 Å². The minimum absolute atomic E-state index is 0.208. The second kappa shape index (κ2) is 5.12. The van der Waals surface area contributed by atoms with Crippen molar-refractivity contribution in [1.29, 1.82) is 0 Å². The Kier molecular flexibility index (Phi) is 3.55. The van der Waals surface area contributed by atoms with Gasteiger partial charge in [0.05, 0.1) is 6.04 Å². The first-order chi connectivity index (χ1) is 8.65. The molecule has 2 N–H and O–H groups in total. The third-order valence-corrected chi connectivity index (χ3v) is 2.96.